The van der Waals surface area contributed by atoms with Crippen LogP contribution in [-0.2, 0) is 16.0 Å². The highest BCUT2D eigenvalue weighted by atomic mass is 16.5. The summed E-state index contributed by atoms with van der Waals surface area (Å²) < 4.78 is 12.3. The van der Waals surface area contributed by atoms with Gasteiger partial charge in [-0.1, -0.05) is 0 Å². The molecule has 0 aliphatic heterocycles. The number of nitrogens with one attached hydrogen (secondary N) is 1. The molecule has 0 atom stereocenters. The summed E-state index contributed by atoms with van der Waals surface area (Å²) in [5.41, 5.74) is 7.12. The van der Waals surface area contributed by atoms with Crippen LogP contribution in [0.15, 0.2) is 24.5 Å². The highest BCUT2D eigenvalue weighted by Crippen LogP contribution is 2.18. The summed E-state index contributed by atoms with van der Waals surface area (Å²) in [5, 5.41) is 2.69. The molecule has 0 unspecified atom stereocenters. The zero-order valence-electron chi connectivity index (χ0n) is 12.0. The molecule has 2 heterocycles. The lowest BCUT2D eigenvalue weighted by Crippen LogP contribution is -2.31. The predicted molar refractivity (Wildman–Crippen MR) is 78.3 cm³/mol. The number of nitrogens with two attached hydrogens (primary N) is 1. The highest BCUT2D eigenvalue weighted by molar-refractivity contribution is 5.77. The molecule has 0 spiro atoms. The second kappa shape index (κ2) is 7.61. The number of amides is 1. The molecule has 7 nitrogen and oxygen atoms in total. The quantitative estimate of drug-likeness (QED) is 0.667. The van der Waals surface area contributed by atoms with E-state index in [-0.39, 0.29) is 12.5 Å². The van der Waals surface area contributed by atoms with Gasteiger partial charge in [0, 0.05) is 32.5 Å². The van der Waals surface area contributed by atoms with Gasteiger partial charge in [0.25, 0.3) is 5.91 Å². The number of imidazole rings is 1. The summed E-state index contributed by atoms with van der Waals surface area (Å²) in [7, 11) is 1.58. The summed E-state index contributed by atoms with van der Waals surface area (Å²) in [6.07, 6.45) is 4.50. The number of hydrogen-bond donors (Lipinski definition) is 2. The van der Waals surface area contributed by atoms with Gasteiger partial charge in [0.2, 0.25) is 0 Å². The Bertz CT molecular complexity index is 597. The van der Waals surface area contributed by atoms with E-state index in [2.05, 4.69) is 10.3 Å². The van der Waals surface area contributed by atoms with Gasteiger partial charge >= 0.3 is 0 Å². The van der Waals surface area contributed by atoms with Gasteiger partial charge in [-0.3, -0.25) is 4.79 Å². The van der Waals surface area contributed by atoms with Crippen molar-refractivity contribution < 1.29 is 14.3 Å². The number of rotatable bonds is 8. The van der Waals surface area contributed by atoms with E-state index in [1.54, 1.807) is 13.2 Å². The summed E-state index contributed by atoms with van der Waals surface area (Å²) in [5.74, 6) is 0.380. The van der Waals surface area contributed by atoms with Crippen LogP contribution in [0.3, 0.4) is 0 Å². The molecule has 21 heavy (non-hydrogen) atoms. The average Bonchev–Trinajstić information content (AvgIpc) is 2.89. The zero-order valence-corrected chi connectivity index (χ0v) is 12.0. The van der Waals surface area contributed by atoms with Gasteiger partial charge in [-0.2, -0.15) is 0 Å². The fraction of sp³-hybridized carbons (Fsp3) is 0.429. The van der Waals surface area contributed by atoms with Crippen molar-refractivity contribution in [3.8, 4) is 5.75 Å². The second-order valence-electron chi connectivity index (χ2n) is 4.51. The topological polar surface area (TPSA) is 90.9 Å². The fourth-order valence-electron chi connectivity index (χ4n) is 1.91. The first-order valence-electron chi connectivity index (χ1n) is 6.79. The maximum Gasteiger partial charge on any atom is 0.258 e. The van der Waals surface area contributed by atoms with Gasteiger partial charge in [-0.25, -0.2) is 4.98 Å². The minimum atomic E-state index is -0.192. The van der Waals surface area contributed by atoms with Crippen LogP contribution in [0, 0.1) is 0 Å². The van der Waals surface area contributed by atoms with Crippen LogP contribution in [-0.4, -0.2) is 48.7 Å². The van der Waals surface area contributed by atoms with Crippen LogP contribution in [0.2, 0.25) is 0 Å². The van der Waals surface area contributed by atoms with Gasteiger partial charge in [0.1, 0.15) is 0 Å². The Kier molecular flexibility index (Phi) is 5.53. The van der Waals surface area contributed by atoms with Gasteiger partial charge in [0.05, 0.1) is 12.3 Å². The molecular formula is C14H20N4O3. The molecule has 0 aromatic carbocycles. The van der Waals surface area contributed by atoms with Crippen LogP contribution < -0.4 is 15.8 Å². The maximum atomic E-state index is 11.6. The van der Waals surface area contributed by atoms with E-state index in [1.165, 1.54) is 0 Å². The van der Waals surface area contributed by atoms with Crippen molar-refractivity contribution in [2.24, 2.45) is 5.73 Å². The van der Waals surface area contributed by atoms with Crippen molar-refractivity contribution in [2.75, 3.05) is 33.4 Å². The van der Waals surface area contributed by atoms with Crippen molar-refractivity contribution in [3.05, 3.63) is 30.2 Å². The lowest BCUT2D eigenvalue weighted by Gasteiger charge is -2.07. The highest BCUT2D eigenvalue weighted by Gasteiger charge is 2.09. The Morgan fingerprint density at radius 2 is 2.38 bits per heavy atom. The zero-order chi connectivity index (χ0) is 15.1. The van der Waals surface area contributed by atoms with Crippen LogP contribution in [0.25, 0.3) is 5.65 Å². The van der Waals surface area contributed by atoms with Gasteiger partial charge < -0.3 is 24.9 Å². The third-order valence-electron chi connectivity index (χ3n) is 2.88. The molecule has 7 heteroatoms. The molecule has 0 bridgehead atoms. The van der Waals surface area contributed by atoms with Crippen LogP contribution in [0.4, 0.5) is 0 Å². The Hall–Kier alpha value is -2.12. The molecule has 0 saturated heterocycles. The lowest BCUT2D eigenvalue weighted by molar-refractivity contribution is -0.123. The number of pyridine rings is 1. The van der Waals surface area contributed by atoms with E-state index in [4.69, 9.17) is 15.2 Å². The number of carbonyl (C=O) groups excluding carboxylic acids is 1. The van der Waals surface area contributed by atoms with Crippen molar-refractivity contribution >= 4 is 11.6 Å². The fourth-order valence-corrected chi connectivity index (χ4v) is 1.91. The molecule has 0 fully saturated rings. The third-order valence-corrected chi connectivity index (χ3v) is 2.88. The van der Waals surface area contributed by atoms with Crippen molar-refractivity contribution in [1.29, 1.82) is 0 Å². The van der Waals surface area contributed by atoms with Gasteiger partial charge in [-0.05, 0) is 18.7 Å². The molecule has 1 amide bonds. The summed E-state index contributed by atoms with van der Waals surface area (Å²) in [4.78, 5) is 16.1. The Morgan fingerprint density at radius 1 is 1.52 bits per heavy atom. The number of fused-ring (bicyclic) bond motifs is 1. The van der Waals surface area contributed by atoms with Crippen LogP contribution >= 0.6 is 0 Å². The van der Waals surface area contributed by atoms with E-state index in [0.717, 1.165) is 5.69 Å². The molecule has 0 aliphatic carbocycles. The van der Waals surface area contributed by atoms with Gasteiger partial charge in [-0.15, -0.1) is 0 Å². The number of methoxy groups -OCH3 is 1. The first-order chi connectivity index (χ1) is 10.2. The molecular weight excluding hydrogens is 272 g/mol. The van der Waals surface area contributed by atoms with E-state index >= 15 is 0 Å². The first kappa shape index (κ1) is 15.3. The minimum Gasteiger partial charge on any atom is -0.480 e. The SMILES string of the molecule is COCCNC(=O)COc1cccn2cc(CCN)nc12. The van der Waals surface area contributed by atoms with Crippen molar-refractivity contribution in [3.63, 3.8) is 0 Å². The Morgan fingerprint density at radius 3 is 3.14 bits per heavy atom. The predicted octanol–water partition coefficient (Wildman–Crippen LogP) is -0.0231. The Balaban J connectivity index is 1.99. The van der Waals surface area contributed by atoms with Crippen molar-refractivity contribution in [2.45, 2.75) is 6.42 Å². The van der Waals surface area contributed by atoms with E-state index in [9.17, 15) is 4.79 Å². The molecule has 0 saturated carbocycles. The molecule has 114 valence electrons. The molecule has 2 rings (SSSR count). The standard InChI is InChI=1S/C14H20N4O3/c1-20-8-6-16-13(19)10-21-12-3-2-7-18-9-11(4-5-15)17-14(12)18/h2-3,7,9H,4-6,8,10,15H2,1H3,(H,16,19). The van der Waals surface area contributed by atoms with Crippen molar-refractivity contribution in [1.82, 2.24) is 14.7 Å². The minimum absolute atomic E-state index is 0.0531. The molecule has 2 aromatic heterocycles. The maximum absolute atomic E-state index is 11.6. The molecule has 3 N–H and O–H groups in total. The first-order valence-corrected chi connectivity index (χ1v) is 6.79. The summed E-state index contributed by atoms with van der Waals surface area (Å²) >= 11 is 0. The molecule has 2 aromatic rings. The summed E-state index contributed by atoms with van der Waals surface area (Å²) in [6, 6.07) is 3.63. The van der Waals surface area contributed by atoms with E-state index < -0.39 is 0 Å². The normalized spacial score (nSPS) is 10.8. The molecule has 0 radical (unpaired) electrons. The number of ether oxygens (including phenoxy) is 2. The molecule has 0 aliphatic rings. The van der Waals surface area contributed by atoms with Gasteiger partial charge in [0.15, 0.2) is 18.0 Å². The van der Waals surface area contributed by atoms with Crippen LogP contribution in [0.1, 0.15) is 5.69 Å². The van der Waals surface area contributed by atoms with E-state index in [1.807, 2.05) is 22.9 Å². The number of carbonyl (C=O) groups is 1. The smallest absolute Gasteiger partial charge is 0.258 e. The number of aromatic nitrogens is 2. The van der Waals surface area contributed by atoms with E-state index in [0.29, 0.717) is 37.5 Å². The van der Waals surface area contributed by atoms with Crippen LogP contribution in [0.5, 0.6) is 5.75 Å². The third kappa shape index (κ3) is 4.17. The monoisotopic (exact) mass is 292 g/mol. The Labute approximate surface area is 123 Å². The average molecular weight is 292 g/mol. The largest absolute Gasteiger partial charge is 0.480 e. The number of hydrogen-bond acceptors (Lipinski definition) is 5. The second-order valence-corrected chi connectivity index (χ2v) is 4.51. The lowest BCUT2D eigenvalue weighted by atomic mass is 10.3. The number of nitrogens with zero attached hydrogens (tertiary/aromatic N) is 2. The summed E-state index contributed by atoms with van der Waals surface area (Å²) in [6.45, 7) is 1.43.